The lowest BCUT2D eigenvalue weighted by Crippen LogP contribution is -2.35. The van der Waals surface area contributed by atoms with E-state index in [0.29, 0.717) is 11.5 Å². The minimum atomic E-state index is -3.50. The molecule has 252 valence electrons. The highest BCUT2D eigenvalue weighted by atomic mass is 32.2. The van der Waals surface area contributed by atoms with Gasteiger partial charge in [-0.05, 0) is 41.3 Å². The molecule has 2 aromatic heterocycles. The molecule has 0 bridgehead atoms. The first-order chi connectivity index (χ1) is 22.1. The van der Waals surface area contributed by atoms with Gasteiger partial charge >= 0.3 is 5.97 Å². The maximum absolute atomic E-state index is 11.5. The number of morpholine rings is 1. The van der Waals surface area contributed by atoms with Gasteiger partial charge in [-0.15, -0.1) is 0 Å². The number of methoxy groups -OCH3 is 1. The monoisotopic (exact) mass is 667 g/mol. The van der Waals surface area contributed by atoms with E-state index in [9.17, 15) is 23.1 Å². The number of hydrogen-bond acceptors (Lipinski definition) is 9. The minimum absolute atomic E-state index is 0.121. The van der Waals surface area contributed by atoms with Gasteiger partial charge in [-0.2, -0.15) is 0 Å². The van der Waals surface area contributed by atoms with Crippen molar-refractivity contribution < 1.29 is 37.3 Å². The number of amides is 1. The van der Waals surface area contributed by atoms with Crippen LogP contribution in [0.15, 0.2) is 54.7 Å². The summed E-state index contributed by atoms with van der Waals surface area (Å²) in [7, 11) is -0.412. The zero-order valence-corrected chi connectivity index (χ0v) is 28.2. The van der Waals surface area contributed by atoms with Crippen LogP contribution < -0.4 is 19.9 Å². The van der Waals surface area contributed by atoms with Crippen LogP contribution in [-0.2, 0) is 33.8 Å². The highest BCUT2D eigenvalue weighted by molar-refractivity contribution is 7.92. The predicted octanol–water partition coefficient (Wildman–Crippen LogP) is 4.36. The zero-order chi connectivity index (χ0) is 34.5. The predicted molar refractivity (Wildman–Crippen MR) is 179 cm³/mol. The summed E-state index contributed by atoms with van der Waals surface area (Å²) >= 11 is 0. The van der Waals surface area contributed by atoms with Crippen molar-refractivity contribution in [1.29, 1.82) is 0 Å². The Kier molecular flexibility index (Phi) is 10.8. The van der Waals surface area contributed by atoms with Gasteiger partial charge in [0, 0.05) is 44.3 Å². The van der Waals surface area contributed by atoms with E-state index in [1.165, 1.54) is 7.11 Å². The Morgan fingerprint density at radius 1 is 1.11 bits per heavy atom. The van der Waals surface area contributed by atoms with Crippen LogP contribution in [0, 0.1) is 0 Å². The molecule has 1 saturated heterocycles. The first kappa shape index (κ1) is 35.2. The van der Waals surface area contributed by atoms with Gasteiger partial charge in [0.15, 0.2) is 11.5 Å². The Morgan fingerprint density at radius 2 is 1.81 bits per heavy atom. The van der Waals surface area contributed by atoms with Crippen LogP contribution in [0.1, 0.15) is 52.9 Å². The zero-order valence-electron chi connectivity index (χ0n) is 27.4. The summed E-state index contributed by atoms with van der Waals surface area (Å²) in [5, 5.41) is 10.2. The van der Waals surface area contributed by atoms with Crippen LogP contribution in [0.4, 0.5) is 5.69 Å². The van der Waals surface area contributed by atoms with Crippen LogP contribution in [0.2, 0.25) is 0 Å². The summed E-state index contributed by atoms with van der Waals surface area (Å²) in [5.41, 5.74) is 8.10. The Balaban J connectivity index is 0.000000224. The number of hydrogen-bond donors (Lipinski definition) is 3. The van der Waals surface area contributed by atoms with E-state index in [0.717, 1.165) is 61.3 Å². The number of para-hydroxylation sites is 1. The molecule has 5 rings (SSSR count). The van der Waals surface area contributed by atoms with Gasteiger partial charge in [-0.25, -0.2) is 13.2 Å². The lowest BCUT2D eigenvalue weighted by Gasteiger charge is -2.26. The summed E-state index contributed by atoms with van der Waals surface area (Å²) in [6.45, 7) is 9.88. The number of ether oxygens (including phenoxy) is 3. The van der Waals surface area contributed by atoms with Crippen LogP contribution in [-0.4, -0.2) is 79.5 Å². The van der Waals surface area contributed by atoms with Gasteiger partial charge in [0.1, 0.15) is 11.4 Å². The maximum Gasteiger partial charge on any atom is 0.352 e. The van der Waals surface area contributed by atoms with Gasteiger partial charge in [-0.3, -0.25) is 19.4 Å². The number of primary amides is 1. The molecule has 47 heavy (non-hydrogen) atoms. The number of carbonyl (C=O) groups excluding carboxylic acids is 1. The van der Waals surface area contributed by atoms with Crippen molar-refractivity contribution in [3.05, 3.63) is 77.2 Å². The number of anilines is 1. The number of aryl methyl sites for hydroxylation is 1. The number of nitrogens with two attached hydrogens (primary N) is 1. The van der Waals surface area contributed by atoms with Crippen molar-refractivity contribution >= 4 is 38.5 Å². The van der Waals surface area contributed by atoms with Gasteiger partial charge in [0.05, 0.1) is 49.0 Å². The molecule has 0 atom stereocenters. The maximum atomic E-state index is 11.5. The lowest BCUT2D eigenvalue weighted by atomic mass is 9.85. The summed E-state index contributed by atoms with van der Waals surface area (Å²) in [5.74, 6) is -0.221. The molecule has 2 aromatic carbocycles. The fraction of sp³-hybridized carbons (Fsp3) is 0.364. The first-order valence-electron chi connectivity index (χ1n) is 14.8. The van der Waals surface area contributed by atoms with Crippen molar-refractivity contribution in [3.63, 3.8) is 0 Å². The standard InChI is InChI=1S/C20H21N3O4.C13H20N2O4S/c1-22-17(20(24)25)11-14-3-2-4-18(19(14)22)27-16-5-6-21-15(12-16)13-23-7-9-26-10-8-23;1-13(2,3)8-6-9(12(14)16)11(19-4)10(7-8)15-20(5,17)18/h2-6,11-12H,7-10,13H2,1H3,(H,24,25);6-7,15H,1-5H3,(H2,14,16). The van der Waals surface area contributed by atoms with E-state index < -0.39 is 21.9 Å². The van der Waals surface area contributed by atoms with E-state index in [2.05, 4.69) is 14.6 Å². The third-order valence-electron chi connectivity index (χ3n) is 7.46. The largest absolute Gasteiger partial charge is 0.494 e. The van der Waals surface area contributed by atoms with Crippen molar-refractivity contribution in [3.8, 4) is 17.2 Å². The van der Waals surface area contributed by atoms with Crippen molar-refractivity contribution in [2.45, 2.75) is 32.7 Å². The molecule has 0 unspecified atom stereocenters. The summed E-state index contributed by atoms with van der Waals surface area (Å²) < 4.78 is 43.4. The number of rotatable bonds is 9. The second-order valence-corrected chi connectivity index (χ2v) is 13.9. The van der Waals surface area contributed by atoms with Crippen LogP contribution in [0.5, 0.6) is 17.2 Å². The lowest BCUT2D eigenvalue weighted by molar-refractivity contribution is 0.0336. The molecule has 1 aliphatic rings. The Labute approximate surface area is 274 Å². The van der Waals surface area contributed by atoms with Crippen LogP contribution >= 0.6 is 0 Å². The molecular weight excluding hydrogens is 626 g/mol. The topological polar surface area (TPSA) is 175 Å². The van der Waals surface area contributed by atoms with E-state index >= 15 is 0 Å². The number of carbonyl (C=O) groups is 2. The molecule has 3 heterocycles. The summed E-state index contributed by atoms with van der Waals surface area (Å²) in [6, 6.07) is 14.2. The SMILES string of the molecule is COc1c(NS(C)(=O)=O)cc(C(C)(C)C)cc1C(N)=O.Cn1c(C(=O)O)cc2cccc(Oc3ccnc(CN4CCOCC4)c3)c21. The molecule has 4 aromatic rings. The number of aromatic carboxylic acids is 1. The second-order valence-electron chi connectivity index (χ2n) is 12.2. The second kappa shape index (κ2) is 14.4. The summed E-state index contributed by atoms with van der Waals surface area (Å²) in [6.07, 6.45) is 2.76. The van der Waals surface area contributed by atoms with Gasteiger partial charge in [0.25, 0.3) is 5.91 Å². The van der Waals surface area contributed by atoms with E-state index in [4.69, 9.17) is 19.9 Å². The van der Waals surface area contributed by atoms with E-state index in [1.54, 1.807) is 36.0 Å². The fourth-order valence-electron chi connectivity index (χ4n) is 5.13. The van der Waals surface area contributed by atoms with Crippen molar-refractivity contribution in [2.24, 2.45) is 12.8 Å². The van der Waals surface area contributed by atoms with Gasteiger partial charge < -0.3 is 29.6 Å². The Hall–Kier alpha value is -4.66. The van der Waals surface area contributed by atoms with Crippen molar-refractivity contribution in [1.82, 2.24) is 14.5 Å². The van der Waals surface area contributed by atoms with Gasteiger partial charge in [0.2, 0.25) is 10.0 Å². The molecule has 1 amide bonds. The fourth-order valence-corrected chi connectivity index (χ4v) is 5.68. The smallest absolute Gasteiger partial charge is 0.352 e. The molecule has 13 nitrogen and oxygen atoms in total. The van der Waals surface area contributed by atoms with Crippen molar-refractivity contribution in [2.75, 3.05) is 44.4 Å². The number of sulfonamides is 1. The first-order valence-corrected chi connectivity index (χ1v) is 16.7. The highest BCUT2D eigenvalue weighted by Gasteiger charge is 2.23. The number of fused-ring (bicyclic) bond motifs is 1. The molecule has 0 saturated carbocycles. The van der Waals surface area contributed by atoms with Crippen LogP contribution in [0.3, 0.4) is 0 Å². The molecule has 14 heteroatoms. The van der Waals surface area contributed by atoms with E-state index in [1.807, 2.05) is 51.1 Å². The van der Waals surface area contributed by atoms with Crippen LogP contribution in [0.25, 0.3) is 10.9 Å². The number of carboxylic acids is 1. The molecule has 1 aliphatic heterocycles. The molecular formula is C33H41N5O8S. The number of pyridine rings is 1. The minimum Gasteiger partial charge on any atom is -0.494 e. The average molecular weight is 668 g/mol. The molecule has 4 N–H and O–H groups in total. The summed E-state index contributed by atoms with van der Waals surface area (Å²) in [4.78, 5) is 29.7. The number of aromatic nitrogens is 2. The Bertz CT molecular complexity index is 1880. The number of nitrogens with zero attached hydrogens (tertiary/aromatic N) is 3. The van der Waals surface area contributed by atoms with Gasteiger partial charge in [-0.1, -0.05) is 32.9 Å². The highest BCUT2D eigenvalue weighted by Crippen LogP contribution is 2.36. The van der Waals surface area contributed by atoms with E-state index in [-0.39, 0.29) is 28.1 Å². The third-order valence-corrected chi connectivity index (χ3v) is 8.05. The molecule has 0 spiro atoms. The third kappa shape index (κ3) is 8.99. The molecule has 0 radical (unpaired) electrons. The number of carboxylic acid groups (broad SMARTS) is 1. The average Bonchev–Trinajstić information content (AvgIpc) is 3.34. The normalized spacial score (nSPS) is 13.8. The molecule has 0 aliphatic carbocycles. The number of nitrogens with one attached hydrogen (secondary N) is 1. The molecule has 1 fully saturated rings. The Morgan fingerprint density at radius 3 is 2.40 bits per heavy atom. The quantitative estimate of drug-likeness (QED) is 0.233. The number of benzene rings is 2.